The molecule has 0 aliphatic heterocycles. The summed E-state index contributed by atoms with van der Waals surface area (Å²) in [6.07, 6.45) is 11.0. The van der Waals surface area contributed by atoms with Crippen molar-refractivity contribution in [2.24, 2.45) is 0 Å². The van der Waals surface area contributed by atoms with Crippen molar-refractivity contribution in [1.82, 2.24) is 24.1 Å². The Morgan fingerprint density at radius 2 is 1.71 bits per heavy atom. The average molecular weight is 408 g/mol. The number of hydrogen-bond acceptors (Lipinski definition) is 4. The first-order valence-corrected chi connectivity index (χ1v) is 9.96. The Morgan fingerprint density at radius 3 is 2.48 bits per heavy atom. The summed E-state index contributed by atoms with van der Waals surface area (Å²) in [5, 5.41) is 3.93. The van der Waals surface area contributed by atoms with Crippen molar-refractivity contribution >= 4 is 22.8 Å². The van der Waals surface area contributed by atoms with Crippen molar-refractivity contribution in [1.29, 1.82) is 0 Å². The zero-order valence-corrected chi connectivity index (χ0v) is 16.7. The van der Waals surface area contributed by atoms with Gasteiger partial charge in [0.15, 0.2) is 0 Å². The van der Waals surface area contributed by atoms with E-state index in [9.17, 15) is 4.79 Å². The lowest BCUT2D eigenvalue weighted by molar-refractivity contribution is 0.102. The van der Waals surface area contributed by atoms with Crippen LogP contribution in [0.4, 0.5) is 5.95 Å². The molecule has 0 aliphatic rings. The summed E-state index contributed by atoms with van der Waals surface area (Å²) >= 11 is 0. The molecule has 0 saturated heterocycles. The van der Waals surface area contributed by atoms with Gasteiger partial charge in [0.05, 0.1) is 12.9 Å². The maximum absolute atomic E-state index is 12.4. The first kappa shape index (κ1) is 18.7. The van der Waals surface area contributed by atoms with Gasteiger partial charge in [0.1, 0.15) is 0 Å². The molecule has 5 rings (SSSR count). The van der Waals surface area contributed by atoms with Gasteiger partial charge in [-0.2, -0.15) is 0 Å². The van der Waals surface area contributed by atoms with Crippen LogP contribution in [0.15, 0.2) is 91.9 Å². The van der Waals surface area contributed by atoms with E-state index in [1.807, 2.05) is 36.8 Å². The van der Waals surface area contributed by atoms with Crippen LogP contribution in [0.5, 0.6) is 0 Å². The number of nitrogens with one attached hydrogen (secondary N) is 1. The summed E-state index contributed by atoms with van der Waals surface area (Å²) < 4.78 is 4.31. The molecule has 0 atom stereocenters. The third-order valence-electron chi connectivity index (χ3n) is 5.14. The second kappa shape index (κ2) is 8.23. The fourth-order valence-corrected chi connectivity index (χ4v) is 3.65. The monoisotopic (exact) mass is 408 g/mol. The van der Waals surface area contributed by atoms with E-state index in [1.165, 1.54) is 16.5 Å². The second-order valence-corrected chi connectivity index (χ2v) is 7.26. The molecule has 0 aliphatic carbocycles. The molecule has 7 heteroatoms. The summed E-state index contributed by atoms with van der Waals surface area (Å²) in [7, 11) is 0. The summed E-state index contributed by atoms with van der Waals surface area (Å²) in [5.41, 5.74) is 4.10. The Kier molecular flexibility index (Phi) is 4.98. The van der Waals surface area contributed by atoms with Crippen LogP contribution in [0.25, 0.3) is 10.9 Å². The molecule has 1 N–H and O–H groups in total. The molecule has 7 nitrogen and oxygen atoms in total. The predicted molar refractivity (Wildman–Crippen MR) is 119 cm³/mol. The summed E-state index contributed by atoms with van der Waals surface area (Å²) in [5.74, 6) is 0.0626. The van der Waals surface area contributed by atoms with E-state index < -0.39 is 0 Å². The number of anilines is 1. The fourth-order valence-electron chi connectivity index (χ4n) is 3.65. The first-order chi connectivity index (χ1) is 15.3. The molecule has 0 bridgehead atoms. The number of rotatable bonds is 6. The van der Waals surface area contributed by atoms with Gasteiger partial charge in [-0.3, -0.25) is 10.1 Å². The van der Waals surface area contributed by atoms with Crippen LogP contribution in [-0.4, -0.2) is 30.0 Å². The van der Waals surface area contributed by atoms with E-state index in [2.05, 4.69) is 59.9 Å². The number of carbonyl (C=O) groups is 1. The van der Waals surface area contributed by atoms with Crippen molar-refractivity contribution in [3.63, 3.8) is 0 Å². The van der Waals surface area contributed by atoms with Gasteiger partial charge in [-0.25, -0.2) is 15.0 Å². The Morgan fingerprint density at radius 1 is 0.903 bits per heavy atom. The van der Waals surface area contributed by atoms with Gasteiger partial charge in [-0.15, -0.1) is 0 Å². The maximum Gasteiger partial charge on any atom is 0.258 e. The number of carbonyl (C=O) groups excluding carboxylic acids is 1. The molecule has 3 aromatic heterocycles. The predicted octanol–water partition coefficient (Wildman–Crippen LogP) is 3.98. The van der Waals surface area contributed by atoms with E-state index in [1.54, 1.807) is 24.7 Å². The van der Waals surface area contributed by atoms with E-state index >= 15 is 0 Å². The van der Waals surface area contributed by atoms with Gasteiger partial charge in [-0.05, 0) is 35.4 Å². The third kappa shape index (κ3) is 4.06. The van der Waals surface area contributed by atoms with Crippen LogP contribution < -0.4 is 5.32 Å². The Bertz CT molecular complexity index is 1310. The number of hydrogen-bond donors (Lipinski definition) is 1. The fraction of sp³-hybridized carbons (Fsp3) is 0.0833. The largest absolute Gasteiger partial charge is 0.343 e. The number of para-hydroxylation sites is 1. The topological polar surface area (TPSA) is 77.6 Å². The lowest BCUT2D eigenvalue weighted by Crippen LogP contribution is -2.14. The normalized spacial score (nSPS) is 11.0. The summed E-state index contributed by atoms with van der Waals surface area (Å²) in [6.45, 7) is 1.49. The van der Waals surface area contributed by atoms with Gasteiger partial charge in [0.2, 0.25) is 5.95 Å². The quantitative estimate of drug-likeness (QED) is 0.461. The zero-order chi connectivity index (χ0) is 21.0. The number of fused-ring (bicyclic) bond motifs is 1. The van der Waals surface area contributed by atoms with Gasteiger partial charge in [-0.1, -0.05) is 30.3 Å². The molecule has 0 saturated carbocycles. The molecule has 152 valence electrons. The molecule has 1 amide bonds. The minimum atomic E-state index is -0.230. The van der Waals surface area contributed by atoms with Gasteiger partial charge >= 0.3 is 0 Å². The highest BCUT2D eigenvalue weighted by molar-refractivity contribution is 6.03. The van der Waals surface area contributed by atoms with Crippen molar-refractivity contribution < 1.29 is 4.79 Å². The Balaban J connectivity index is 1.36. The van der Waals surface area contributed by atoms with Crippen molar-refractivity contribution in [3.05, 3.63) is 109 Å². The first-order valence-electron chi connectivity index (χ1n) is 9.96. The maximum atomic E-state index is 12.4. The van der Waals surface area contributed by atoms with Crippen molar-refractivity contribution in [2.75, 3.05) is 5.32 Å². The molecule has 0 fully saturated rings. The van der Waals surface area contributed by atoms with Crippen LogP contribution in [0.1, 0.15) is 21.5 Å². The summed E-state index contributed by atoms with van der Waals surface area (Å²) in [6, 6.07) is 17.7. The highest BCUT2D eigenvalue weighted by Crippen LogP contribution is 2.23. The number of benzene rings is 2. The van der Waals surface area contributed by atoms with E-state index in [4.69, 9.17) is 0 Å². The number of nitrogens with zero attached hydrogens (tertiary/aromatic N) is 5. The van der Waals surface area contributed by atoms with Crippen LogP contribution in [0, 0.1) is 0 Å². The standard InChI is InChI=1S/C24H20N6O/c31-23(28-24-26-10-3-11-27-24)19-8-6-18(7-9-19)14-30-16-20(15-29-13-12-25-17-29)21-4-1-2-5-22(21)30/h1-13,16-17H,14-15H2,(H,26,27,28,31). The van der Waals surface area contributed by atoms with Crippen molar-refractivity contribution in [2.45, 2.75) is 13.1 Å². The highest BCUT2D eigenvalue weighted by atomic mass is 16.1. The van der Waals surface area contributed by atoms with Gasteiger partial charge in [0.25, 0.3) is 5.91 Å². The van der Waals surface area contributed by atoms with E-state index in [-0.39, 0.29) is 5.91 Å². The second-order valence-electron chi connectivity index (χ2n) is 7.26. The molecule has 5 aromatic rings. The lowest BCUT2D eigenvalue weighted by Gasteiger charge is -2.07. The van der Waals surface area contributed by atoms with Crippen LogP contribution in [0.2, 0.25) is 0 Å². The minimum absolute atomic E-state index is 0.230. The number of aromatic nitrogens is 5. The smallest absolute Gasteiger partial charge is 0.258 e. The highest BCUT2D eigenvalue weighted by Gasteiger charge is 2.11. The molecule has 31 heavy (non-hydrogen) atoms. The van der Waals surface area contributed by atoms with Crippen LogP contribution in [-0.2, 0) is 13.1 Å². The number of amides is 1. The third-order valence-corrected chi connectivity index (χ3v) is 5.14. The molecule has 2 aromatic carbocycles. The zero-order valence-electron chi connectivity index (χ0n) is 16.7. The van der Waals surface area contributed by atoms with Crippen LogP contribution in [0.3, 0.4) is 0 Å². The number of imidazole rings is 1. The SMILES string of the molecule is O=C(Nc1ncccn1)c1ccc(Cn2cc(Cn3ccnc3)c3ccccc32)cc1. The van der Waals surface area contributed by atoms with Crippen LogP contribution >= 0.6 is 0 Å². The molecular weight excluding hydrogens is 388 g/mol. The van der Waals surface area contributed by atoms with E-state index in [0.29, 0.717) is 18.1 Å². The minimum Gasteiger partial charge on any atom is -0.343 e. The Labute approximate surface area is 179 Å². The Hall–Kier alpha value is -4.26. The molecular formula is C24H20N6O. The van der Waals surface area contributed by atoms with E-state index in [0.717, 1.165) is 12.1 Å². The molecule has 3 heterocycles. The summed E-state index contributed by atoms with van der Waals surface area (Å²) in [4.78, 5) is 24.6. The average Bonchev–Trinajstić information content (AvgIpc) is 3.44. The van der Waals surface area contributed by atoms with Gasteiger partial charge in [0, 0.05) is 54.0 Å². The lowest BCUT2D eigenvalue weighted by atomic mass is 10.1. The molecule has 0 unspecified atom stereocenters. The van der Waals surface area contributed by atoms with Gasteiger partial charge < -0.3 is 9.13 Å². The molecule has 0 radical (unpaired) electrons. The van der Waals surface area contributed by atoms with Crippen molar-refractivity contribution in [3.8, 4) is 0 Å². The molecule has 0 spiro atoms.